The van der Waals surface area contributed by atoms with Crippen LogP contribution in [0.4, 0.5) is 4.39 Å². The average Bonchev–Trinajstić information content (AvgIpc) is 2.56. The number of hydrogen-bond acceptors (Lipinski definition) is 2. The van der Waals surface area contributed by atoms with Gasteiger partial charge in [-0.15, -0.1) is 0 Å². The summed E-state index contributed by atoms with van der Waals surface area (Å²) in [4.78, 5) is 4.09. The third kappa shape index (κ3) is 1.29. The Bertz CT molecular complexity index is 632. The van der Waals surface area contributed by atoms with Crippen molar-refractivity contribution in [2.24, 2.45) is 7.05 Å². The number of fused-ring (bicyclic) bond motifs is 1. The molecule has 1 fully saturated rings. The van der Waals surface area contributed by atoms with Gasteiger partial charge in [-0.25, -0.2) is 9.37 Å². The Morgan fingerprint density at radius 3 is 2.82 bits per heavy atom. The van der Waals surface area contributed by atoms with Gasteiger partial charge in [0.25, 0.3) is 0 Å². The van der Waals surface area contributed by atoms with Crippen LogP contribution in [0.5, 0.6) is 0 Å². The number of nitriles is 1. The van der Waals surface area contributed by atoms with Gasteiger partial charge in [-0.05, 0) is 31.4 Å². The second-order valence-corrected chi connectivity index (χ2v) is 4.70. The average molecular weight is 229 g/mol. The predicted octanol–water partition coefficient (Wildman–Crippen LogP) is 2.66. The Morgan fingerprint density at radius 1 is 1.47 bits per heavy atom. The van der Waals surface area contributed by atoms with Crippen molar-refractivity contribution in [3.8, 4) is 6.07 Å². The van der Waals surface area contributed by atoms with Crippen molar-refractivity contribution in [2.75, 3.05) is 0 Å². The minimum atomic E-state index is -0.383. The molecule has 1 saturated carbocycles. The summed E-state index contributed by atoms with van der Waals surface area (Å²) in [5.41, 5.74) is 1.31. The molecule has 0 aromatic carbocycles. The van der Waals surface area contributed by atoms with E-state index >= 15 is 0 Å². The lowest BCUT2D eigenvalue weighted by atomic mass is 9.68. The van der Waals surface area contributed by atoms with Gasteiger partial charge < -0.3 is 4.57 Å². The van der Waals surface area contributed by atoms with Gasteiger partial charge in [0.15, 0.2) is 0 Å². The number of aromatic nitrogens is 2. The van der Waals surface area contributed by atoms with Crippen LogP contribution < -0.4 is 0 Å². The molecule has 17 heavy (non-hydrogen) atoms. The Morgan fingerprint density at radius 2 is 2.24 bits per heavy atom. The van der Waals surface area contributed by atoms with Crippen LogP contribution in [-0.4, -0.2) is 9.55 Å². The second kappa shape index (κ2) is 3.30. The third-order valence-corrected chi connectivity index (χ3v) is 3.74. The van der Waals surface area contributed by atoms with E-state index in [9.17, 15) is 9.65 Å². The predicted molar refractivity (Wildman–Crippen MR) is 61.8 cm³/mol. The van der Waals surface area contributed by atoms with E-state index in [1.165, 1.54) is 12.3 Å². The molecule has 3 nitrogen and oxygen atoms in total. The van der Waals surface area contributed by atoms with Crippen molar-refractivity contribution >= 4 is 11.0 Å². The fourth-order valence-corrected chi connectivity index (χ4v) is 2.61. The summed E-state index contributed by atoms with van der Waals surface area (Å²) in [5.74, 6) is -0.339. The van der Waals surface area contributed by atoms with E-state index in [4.69, 9.17) is 0 Å². The molecule has 1 aliphatic rings. The van der Waals surface area contributed by atoms with Crippen LogP contribution in [0.15, 0.2) is 18.3 Å². The maximum absolute atomic E-state index is 13.1. The fourth-order valence-electron chi connectivity index (χ4n) is 2.61. The molecule has 86 valence electrons. The SMILES string of the molecule is Cn1c(C2(C#N)CCC2)cc2cc(F)cnc21. The molecule has 2 aromatic rings. The van der Waals surface area contributed by atoms with Crippen LogP contribution >= 0.6 is 0 Å². The quantitative estimate of drug-likeness (QED) is 0.754. The van der Waals surface area contributed by atoms with Crippen LogP contribution in [0.2, 0.25) is 0 Å². The summed E-state index contributed by atoms with van der Waals surface area (Å²) in [5, 5.41) is 10.1. The maximum Gasteiger partial charge on any atom is 0.142 e. The van der Waals surface area contributed by atoms with Gasteiger partial charge in [-0.2, -0.15) is 5.26 Å². The zero-order chi connectivity index (χ0) is 12.0. The first-order valence-electron chi connectivity index (χ1n) is 5.69. The van der Waals surface area contributed by atoms with Crippen molar-refractivity contribution in [1.29, 1.82) is 5.26 Å². The molecule has 0 amide bonds. The molecule has 0 atom stereocenters. The summed E-state index contributed by atoms with van der Waals surface area (Å²) >= 11 is 0. The van der Waals surface area contributed by atoms with Gasteiger partial charge in [-0.1, -0.05) is 0 Å². The van der Waals surface area contributed by atoms with Gasteiger partial charge >= 0.3 is 0 Å². The normalized spacial score (nSPS) is 17.7. The Labute approximate surface area is 98.5 Å². The first kappa shape index (κ1) is 10.3. The van der Waals surface area contributed by atoms with Crippen molar-refractivity contribution in [2.45, 2.75) is 24.7 Å². The van der Waals surface area contributed by atoms with Crippen molar-refractivity contribution < 1.29 is 4.39 Å². The van der Waals surface area contributed by atoms with Gasteiger partial charge in [0.2, 0.25) is 0 Å². The molecule has 0 spiro atoms. The van der Waals surface area contributed by atoms with Crippen LogP contribution in [0.1, 0.15) is 25.0 Å². The Kier molecular flexibility index (Phi) is 1.99. The first-order valence-corrected chi connectivity index (χ1v) is 5.69. The topological polar surface area (TPSA) is 41.6 Å². The smallest absolute Gasteiger partial charge is 0.142 e. The molecule has 0 unspecified atom stereocenters. The monoisotopic (exact) mass is 229 g/mol. The standard InChI is InChI=1S/C13H12FN3/c1-17-11(13(8-15)3-2-4-13)6-9-5-10(14)7-16-12(9)17/h5-7H,2-4H2,1H3. The molecule has 2 heterocycles. The molecule has 3 rings (SSSR count). The summed E-state index contributed by atoms with van der Waals surface area (Å²) in [6.45, 7) is 0. The van der Waals surface area contributed by atoms with E-state index < -0.39 is 0 Å². The van der Waals surface area contributed by atoms with Gasteiger partial charge in [-0.3, -0.25) is 0 Å². The molecule has 4 heteroatoms. The summed E-state index contributed by atoms with van der Waals surface area (Å²) in [6.07, 6.45) is 4.06. The highest BCUT2D eigenvalue weighted by Crippen LogP contribution is 2.44. The van der Waals surface area contributed by atoms with Gasteiger partial charge in [0, 0.05) is 18.1 Å². The van der Waals surface area contributed by atoms with Gasteiger partial charge in [0.1, 0.15) is 11.5 Å². The zero-order valence-electron chi connectivity index (χ0n) is 9.57. The highest BCUT2D eigenvalue weighted by Gasteiger charge is 2.41. The molecule has 0 radical (unpaired) electrons. The molecule has 0 aliphatic heterocycles. The largest absolute Gasteiger partial charge is 0.331 e. The second-order valence-electron chi connectivity index (χ2n) is 4.70. The Hall–Kier alpha value is -1.89. The van der Waals surface area contributed by atoms with Crippen molar-refractivity contribution in [3.63, 3.8) is 0 Å². The number of halogens is 1. The fraction of sp³-hybridized carbons (Fsp3) is 0.385. The first-order chi connectivity index (χ1) is 8.16. The number of aryl methyl sites for hydroxylation is 1. The van der Waals surface area contributed by atoms with Crippen molar-refractivity contribution in [1.82, 2.24) is 9.55 Å². The molecule has 2 aromatic heterocycles. The molecule has 0 saturated heterocycles. The van der Waals surface area contributed by atoms with E-state index in [0.717, 1.165) is 36.0 Å². The van der Waals surface area contributed by atoms with E-state index in [2.05, 4.69) is 11.1 Å². The summed E-state index contributed by atoms with van der Waals surface area (Å²) < 4.78 is 15.0. The number of hydrogen-bond donors (Lipinski definition) is 0. The lowest BCUT2D eigenvalue weighted by Gasteiger charge is -2.35. The van der Waals surface area contributed by atoms with Crippen LogP contribution in [-0.2, 0) is 12.5 Å². The van der Waals surface area contributed by atoms with Crippen LogP contribution in [0, 0.1) is 17.1 Å². The van der Waals surface area contributed by atoms with Crippen molar-refractivity contribution in [3.05, 3.63) is 29.8 Å². The minimum absolute atomic E-state index is 0.339. The summed E-state index contributed by atoms with van der Waals surface area (Å²) in [6, 6.07) is 5.77. The van der Waals surface area contributed by atoms with E-state index in [-0.39, 0.29) is 11.2 Å². The lowest BCUT2D eigenvalue weighted by Crippen LogP contribution is -2.34. The highest BCUT2D eigenvalue weighted by molar-refractivity contribution is 5.78. The van der Waals surface area contributed by atoms with E-state index in [1.54, 1.807) is 0 Å². The molecule has 0 bridgehead atoms. The molecule has 0 N–H and O–H groups in total. The number of nitrogens with zero attached hydrogens (tertiary/aromatic N) is 3. The molecule has 1 aliphatic carbocycles. The van der Waals surface area contributed by atoms with E-state index in [1.807, 2.05) is 17.7 Å². The Balaban J connectivity index is 2.25. The zero-order valence-corrected chi connectivity index (χ0v) is 9.57. The molecular weight excluding hydrogens is 217 g/mol. The van der Waals surface area contributed by atoms with Crippen LogP contribution in [0.25, 0.3) is 11.0 Å². The third-order valence-electron chi connectivity index (χ3n) is 3.74. The van der Waals surface area contributed by atoms with E-state index in [0.29, 0.717) is 0 Å². The highest BCUT2D eigenvalue weighted by atomic mass is 19.1. The lowest BCUT2D eigenvalue weighted by molar-refractivity contribution is 0.310. The number of pyridine rings is 1. The van der Waals surface area contributed by atoms with Gasteiger partial charge in [0.05, 0.1) is 17.7 Å². The minimum Gasteiger partial charge on any atom is -0.331 e. The maximum atomic E-state index is 13.1. The molecular formula is C13H12FN3. The number of rotatable bonds is 1. The summed E-state index contributed by atoms with van der Waals surface area (Å²) in [7, 11) is 1.89. The van der Waals surface area contributed by atoms with Crippen LogP contribution in [0.3, 0.4) is 0 Å².